The van der Waals surface area contributed by atoms with Crippen molar-refractivity contribution in [3.05, 3.63) is 96.1 Å². The molecule has 27 heavy (non-hydrogen) atoms. The minimum absolute atomic E-state index is 1.04. The Bertz CT molecular complexity index is 1430. The summed E-state index contributed by atoms with van der Waals surface area (Å²) in [4.78, 5) is 0. The van der Waals surface area contributed by atoms with Crippen molar-refractivity contribution in [2.24, 2.45) is 0 Å². The predicted octanol–water partition coefficient (Wildman–Crippen LogP) is 7.21. The van der Waals surface area contributed by atoms with E-state index in [1.165, 1.54) is 66.1 Å². The van der Waals surface area contributed by atoms with Crippen LogP contribution in [0.15, 0.2) is 84.9 Å². The summed E-state index contributed by atoms with van der Waals surface area (Å²) in [6.07, 6.45) is 1.04. The van der Waals surface area contributed by atoms with Crippen LogP contribution in [-0.4, -0.2) is 0 Å². The highest BCUT2D eigenvalue weighted by Gasteiger charge is 2.26. The summed E-state index contributed by atoms with van der Waals surface area (Å²) in [7, 11) is 0. The standard InChI is InChI=1S/C27H16/c1-2-8-18-17(5-1)15-25-19(18)11-13-22-20(25)12-14-23-21-9-3-6-16-7-4-10-24(26(16)21)27(22)23/h1-14H,15H2. The first-order chi connectivity index (χ1) is 13.4. The molecular formula is C27H16. The summed E-state index contributed by atoms with van der Waals surface area (Å²) in [5, 5.41) is 5.55. The molecule has 7 rings (SSSR count). The number of rotatable bonds is 0. The molecule has 0 heteroatoms. The fourth-order valence-electron chi connectivity index (χ4n) is 5.33. The predicted molar refractivity (Wildman–Crippen MR) is 114 cm³/mol. The maximum absolute atomic E-state index is 2.35. The van der Waals surface area contributed by atoms with Crippen molar-refractivity contribution in [2.75, 3.05) is 0 Å². The molecular weight excluding hydrogens is 324 g/mol. The molecule has 0 spiro atoms. The molecule has 0 amide bonds. The van der Waals surface area contributed by atoms with Gasteiger partial charge in [-0.25, -0.2) is 0 Å². The molecule has 0 saturated heterocycles. The third kappa shape index (κ3) is 1.60. The van der Waals surface area contributed by atoms with Crippen LogP contribution in [0.2, 0.25) is 0 Å². The van der Waals surface area contributed by atoms with E-state index in [-0.39, 0.29) is 0 Å². The summed E-state index contributed by atoms with van der Waals surface area (Å²) < 4.78 is 0. The highest BCUT2D eigenvalue weighted by molar-refractivity contribution is 6.21. The van der Waals surface area contributed by atoms with Crippen molar-refractivity contribution in [2.45, 2.75) is 6.42 Å². The van der Waals surface area contributed by atoms with Gasteiger partial charge in [-0.3, -0.25) is 0 Å². The molecule has 0 aromatic heterocycles. The van der Waals surface area contributed by atoms with Crippen LogP contribution in [0.5, 0.6) is 0 Å². The average Bonchev–Trinajstić information content (AvgIpc) is 3.26. The Hall–Kier alpha value is -3.38. The Morgan fingerprint density at radius 2 is 1.22 bits per heavy atom. The summed E-state index contributed by atoms with van der Waals surface area (Å²) >= 11 is 0. The van der Waals surface area contributed by atoms with Crippen LogP contribution in [0, 0.1) is 0 Å². The van der Waals surface area contributed by atoms with E-state index in [0.29, 0.717) is 0 Å². The molecule has 0 fully saturated rings. The second-order valence-corrected chi connectivity index (χ2v) is 7.72. The second kappa shape index (κ2) is 4.66. The Morgan fingerprint density at radius 1 is 0.481 bits per heavy atom. The van der Waals surface area contributed by atoms with E-state index in [0.717, 1.165) is 6.42 Å². The van der Waals surface area contributed by atoms with E-state index in [9.17, 15) is 0 Å². The fourth-order valence-corrected chi connectivity index (χ4v) is 5.33. The van der Waals surface area contributed by atoms with E-state index in [2.05, 4.69) is 84.9 Å². The van der Waals surface area contributed by atoms with Gasteiger partial charge in [0.25, 0.3) is 0 Å². The van der Waals surface area contributed by atoms with Crippen molar-refractivity contribution in [1.29, 1.82) is 0 Å². The molecule has 124 valence electrons. The van der Waals surface area contributed by atoms with Crippen LogP contribution in [-0.2, 0) is 6.42 Å². The highest BCUT2D eigenvalue weighted by atomic mass is 14.3. The highest BCUT2D eigenvalue weighted by Crippen LogP contribution is 2.51. The molecule has 0 atom stereocenters. The van der Waals surface area contributed by atoms with Gasteiger partial charge in [0.1, 0.15) is 0 Å². The number of hydrogen-bond acceptors (Lipinski definition) is 0. The van der Waals surface area contributed by atoms with Crippen molar-refractivity contribution >= 4 is 21.5 Å². The average molecular weight is 340 g/mol. The molecule has 0 aliphatic heterocycles. The number of fused-ring (bicyclic) bond motifs is 9. The lowest BCUT2D eigenvalue weighted by molar-refractivity contribution is 1.28. The Labute approximate surface area is 157 Å². The topological polar surface area (TPSA) is 0 Å². The smallest absolute Gasteiger partial charge is 0.000728 e. The quantitative estimate of drug-likeness (QED) is 0.273. The van der Waals surface area contributed by atoms with Crippen LogP contribution in [0.3, 0.4) is 0 Å². The van der Waals surface area contributed by atoms with E-state index in [1.807, 2.05) is 0 Å². The van der Waals surface area contributed by atoms with Gasteiger partial charge >= 0.3 is 0 Å². The third-order valence-electron chi connectivity index (χ3n) is 6.45. The number of hydrogen-bond donors (Lipinski definition) is 0. The molecule has 0 unspecified atom stereocenters. The first-order valence-corrected chi connectivity index (χ1v) is 9.59. The SMILES string of the molecule is c1ccc2c(c1)Cc1c-2ccc2c3c(ccc12)-c1cccc2cccc-3c12. The fraction of sp³-hybridized carbons (Fsp3) is 0.0370. The lowest BCUT2D eigenvalue weighted by Gasteiger charge is -2.11. The number of benzene rings is 5. The van der Waals surface area contributed by atoms with Crippen molar-refractivity contribution in [3.8, 4) is 33.4 Å². The molecule has 0 saturated carbocycles. The van der Waals surface area contributed by atoms with Gasteiger partial charge in [0.05, 0.1) is 0 Å². The molecule has 0 N–H and O–H groups in total. The van der Waals surface area contributed by atoms with Crippen LogP contribution < -0.4 is 0 Å². The van der Waals surface area contributed by atoms with Gasteiger partial charge in [0.2, 0.25) is 0 Å². The Morgan fingerprint density at radius 3 is 2.15 bits per heavy atom. The summed E-state index contributed by atoms with van der Waals surface area (Å²) in [5.74, 6) is 0. The van der Waals surface area contributed by atoms with Crippen molar-refractivity contribution < 1.29 is 0 Å². The molecule has 5 aromatic rings. The van der Waals surface area contributed by atoms with Gasteiger partial charge in [-0.2, -0.15) is 0 Å². The van der Waals surface area contributed by atoms with Crippen molar-refractivity contribution in [3.63, 3.8) is 0 Å². The maximum Gasteiger partial charge on any atom is -0.000728 e. The van der Waals surface area contributed by atoms with Crippen LogP contribution in [0.4, 0.5) is 0 Å². The second-order valence-electron chi connectivity index (χ2n) is 7.72. The van der Waals surface area contributed by atoms with Gasteiger partial charge in [-0.05, 0) is 72.5 Å². The van der Waals surface area contributed by atoms with E-state index >= 15 is 0 Å². The Kier molecular flexibility index (Phi) is 2.38. The monoisotopic (exact) mass is 340 g/mol. The molecule has 0 heterocycles. The van der Waals surface area contributed by atoms with E-state index in [4.69, 9.17) is 0 Å². The zero-order valence-corrected chi connectivity index (χ0v) is 14.8. The van der Waals surface area contributed by atoms with Gasteiger partial charge in [0, 0.05) is 0 Å². The van der Waals surface area contributed by atoms with E-state index in [1.54, 1.807) is 0 Å². The molecule has 0 radical (unpaired) electrons. The molecule has 2 aliphatic rings. The van der Waals surface area contributed by atoms with Crippen LogP contribution in [0.25, 0.3) is 54.9 Å². The molecule has 2 aliphatic carbocycles. The van der Waals surface area contributed by atoms with Gasteiger partial charge in [-0.1, -0.05) is 84.9 Å². The van der Waals surface area contributed by atoms with Crippen molar-refractivity contribution in [1.82, 2.24) is 0 Å². The normalized spacial score (nSPS) is 13.0. The summed E-state index contributed by atoms with van der Waals surface area (Å²) in [6, 6.07) is 31.6. The first-order valence-electron chi connectivity index (χ1n) is 9.59. The largest absolute Gasteiger partial charge is 0.0619 e. The van der Waals surface area contributed by atoms with Gasteiger partial charge in [-0.15, -0.1) is 0 Å². The van der Waals surface area contributed by atoms with Gasteiger partial charge < -0.3 is 0 Å². The zero-order chi connectivity index (χ0) is 17.5. The summed E-state index contributed by atoms with van der Waals surface area (Å²) in [6.45, 7) is 0. The van der Waals surface area contributed by atoms with Crippen LogP contribution >= 0.6 is 0 Å². The minimum atomic E-state index is 1.04. The summed E-state index contributed by atoms with van der Waals surface area (Å²) in [5.41, 5.74) is 11.3. The lowest BCUT2D eigenvalue weighted by atomic mass is 9.92. The zero-order valence-electron chi connectivity index (χ0n) is 14.8. The van der Waals surface area contributed by atoms with Gasteiger partial charge in [0.15, 0.2) is 0 Å². The Balaban J connectivity index is 1.61. The maximum atomic E-state index is 2.35. The lowest BCUT2D eigenvalue weighted by Crippen LogP contribution is -1.87. The minimum Gasteiger partial charge on any atom is -0.0619 e. The molecule has 0 bridgehead atoms. The third-order valence-corrected chi connectivity index (χ3v) is 6.45. The first kappa shape index (κ1) is 13.8. The van der Waals surface area contributed by atoms with E-state index < -0.39 is 0 Å². The molecule has 5 aromatic carbocycles. The molecule has 0 nitrogen and oxygen atoms in total. The van der Waals surface area contributed by atoms with Crippen LogP contribution in [0.1, 0.15) is 11.1 Å².